The van der Waals surface area contributed by atoms with Gasteiger partial charge in [-0.05, 0) is 44.0 Å². The Morgan fingerprint density at radius 3 is 2.56 bits per heavy atom. The Balaban J connectivity index is 1.48. The van der Waals surface area contributed by atoms with Crippen LogP contribution in [-0.4, -0.2) is 23.5 Å². The highest BCUT2D eigenvalue weighted by atomic mass is 32.1. The minimum absolute atomic E-state index is 0.118. The van der Waals surface area contributed by atoms with Gasteiger partial charge in [-0.3, -0.25) is 4.79 Å². The van der Waals surface area contributed by atoms with Gasteiger partial charge >= 0.3 is 0 Å². The molecule has 27 heavy (non-hydrogen) atoms. The van der Waals surface area contributed by atoms with E-state index in [1.807, 2.05) is 49.6 Å². The number of rotatable bonds is 7. The van der Waals surface area contributed by atoms with Crippen LogP contribution in [0.15, 0.2) is 53.9 Å². The van der Waals surface area contributed by atoms with Crippen LogP contribution in [0.1, 0.15) is 23.7 Å². The molecule has 0 aliphatic carbocycles. The molecular formula is C22H24N2O2S. The van der Waals surface area contributed by atoms with Crippen molar-refractivity contribution >= 4 is 17.2 Å². The second kappa shape index (κ2) is 8.82. The predicted octanol–water partition coefficient (Wildman–Crippen LogP) is 4.55. The maximum absolute atomic E-state index is 12.3. The highest BCUT2D eigenvalue weighted by molar-refractivity contribution is 7.13. The number of aryl methyl sites for hydroxylation is 2. The first-order valence-electron chi connectivity index (χ1n) is 9.04. The fourth-order valence-corrected chi connectivity index (χ4v) is 3.71. The lowest BCUT2D eigenvalue weighted by molar-refractivity contribution is -0.127. The van der Waals surface area contributed by atoms with Gasteiger partial charge in [0.15, 0.2) is 6.10 Å². The Kier molecular flexibility index (Phi) is 6.24. The van der Waals surface area contributed by atoms with Crippen LogP contribution in [0.2, 0.25) is 0 Å². The molecule has 0 fully saturated rings. The molecule has 0 aliphatic heterocycles. The van der Waals surface area contributed by atoms with Gasteiger partial charge in [-0.2, -0.15) is 0 Å². The smallest absolute Gasteiger partial charge is 0.260 e. The Morgan fingerprint density at radius 2 is 1.85 bits per heavy atom. The number of carbonyl (C=O) groups is 1. The van der Waals surface area contributed by atoms with E-state index >= 15 is 0 Å². The van der Waals surface area contributed by atoms with Crippen molar-refractivity contribution in [1.82, 2.24) is 10.3 Å². The average molecular weight is 381 g/mol. The first-order valence-corrected chi connectivity index (χ1v) is 9.92. The van der Waals surface area contributed by atoms with Crippen molar-refractivity contribution in [3.8, 4) is 16.3 Å². The molecule has 1 N–H and O–H groups in total. The molecule has 0 radical (unpaired) electrons. The molecular weight excluding hydrogens is 356 g/mol. The number of hydrogen-bond donors (Lipinski definition) is 1. The third-order valence-electron chi connectivity index (χ3n) is 4.13. The van der Waals surface area contributed by atoms with Crippen molar-refractivity contribution in [2.45, 2.75) is 33.3 Å². The zero-order valence-electron chi connectivity index (χ0n) is 15.9. The molecule has 0 saturated carbocycles. The third-order valence-corrected chi connectivity index (χ3v) is 5.07. The maximum atomic E-state index is 12.3. The fourth-order valence-electron chi connectivity index (χ4n) is 2.85. The van der Waals surface area contributed by atoms with E-state index in [4.69, 9.17) is 4.74 Å². The number of hydrogen-bond acceptors (Lipinski definition) is 4. The van der Waals surface area contributed by atoms with Gasteiger partial charge in [0.1, 0.15) is 10.8 Å². The maximum Gasteiger partial charge on any atom is 0.260 e. The summed E-state index contributed by atoms with van der Waals surface area (Å²) in [5.74, 6) is 0.606. The van der Waals surface area contributed by atoms with Crippen LogP contribution in [0, 0.1) is 13.8 Å². The molecule has 0 bridgehead atoms. The number of thiazole rings is 1. The number of ether oxygens (including phenoxy) is 1. The van der Waals surface area contributed by atoms with Crippen LogP contribution in [0.4, 0.5) is 0 Å². The molecule has 0 unspecified atom stereocenters. The summed E-state index contributed by atoms with van der Waals surface area (Å²) in [6, 6.07) is 16.1. The van der Waals surface area contributed by atoms with Gasteiger partial charge in [0, 0.05) is 23.9 Å². The molecule has 0 saturated heterocycles. The van der Waals surface area contributed by atoms with Crippen LogP contribution in [0.25, 0.3) is 10.6 Å². The number of nitrogens with one attached hydrogen (secondary N) is 1. The second-order valence-corrected chi connectivity index (χ2v) is 7.49. The molecule has 5 heteroatoms. The van der Waals surface area contributed by atoms with E-state index in [0.717, 1.165) is 33.1 Å². The zero-order chi connectivity index (χ0) is 19.2. The van der Waals surface area contributed by atoms with Crippen LogP contribution in [0.3, 0.4) is 0 Å². The molecule has 3 aromatic rings. The van der Waals surface area contributed by atoms with Crippen LogP contribution < -0.4 is 10.1 Å². The third kappa shape index (κ3) is 5.41. The lowest BCUT2D eigenvalue weighted by Crippen LogP contribution is -2.37. The van der Waals surface area contributed by atoms with Crippen LogP contribution in [0.5, 0.6) is 5.75 Å². The van der Waals surface area contributed by atoms with E-state index in [1.165, 1.54) is 0 Å². The molecule has 4 nitrogen and oxygen atoms in total. The van der Waals surface area contributed by atoms with Crippen LogP contribution in [-0.2, 0) is 11.2 Å². The largest absolute Gasteiger partial charge is 0.481 e. The number of aromatic nitrogens is 1. The van der Waals surface area contributed by atoms with Gasteiger partial charge in [0.25, 0.3) is 5.91 Å². The van der Waals surface area contributed by atoms with Gasteiger partial charge in [-0.1, -0.05) is 36.4 Å². The van der Waals surface area contributed by atoms with Crippen molar-refractivity contribution in [2.24, 2.45) is 0 Å². The minimum Gasteiger partial charge on any atom is -0.481 e. The van der Waals surface area contributed by atoms with E-state index in [1.54, 1.807) is 18.3 Å². The summed E-state index contributed by atoms with van der Waals surface area (Å²) >= 11 is 1.62. The number of nitrogens with zero attached hydrogens (tertiary/aromatic N) is 1. The van der Waals surface area contributed by atoms with Crippen molar-refractivity contribution in [1.29, 1.82) is 0 Å². The summed E-state index contributed by atoms with van der Waals surface area (Å²) in [6.45, 7) is 6.34. The van der Waals surface area contributed by atoms with E-state index in [2.05, 4.69) is 28.5 Å². The van der Waals surface area contributed by atoms with E-state index in [9.17, 15) is 4.79 Å². The molecule has 1 heterocycles. The highest BCUT2D eigenvalue weighted by Gasteiger charge is 2.14. The minimum atomic E-state index is -0.540. The number of amides is 1. The summed E-state index contributed by atoms with van der Waals surface area (Å²) < 4.78 is 5.78. The van der Waals surface area contributed by atoms with E-state index < -0.39 is 6.10 Å². The van der Waals surface area contributed by atoms with Crippen LogP contribution >= 0.6 is 11.3 Å². The topological polar surface area (TPSA) is 51.2 Å². The fraction of sp³-hybridized carbons (Fsp3) is 0.273. The van der Waals surface area contributed by atoms with Crippen molar-refractivity contribution in [3.63, 3.8) is 0 Å². The summed E-state index contributed by atoms with van der Waals surface area (Å²) in [7, 11) is 0. The second-order valence-electron chi connectivity index (χ2n) is 6.63. The van der Waals surface area contributed by atoms with Gasteiger partial charge in [0.2, 0.25) is 0 Å². The quantitative estimate of drug-likeness (QED) is 0.654. The van der Waals surface area contributed by atoms with Gasteiger partial charge < -0.3 is 10.1 Å². The number of carbonyl (C=O) groups excluding carboxylic acids is 1. The predicted molar refractivity (Wildman–Crippen MR) is 110 cm³/mol. The lowest BCUT2D eigenvalue weighted by Gasteiger charge is -2.15. The Hall–Kier alpha value is -2.66. The summed E-state index contributed by atoms with van der Waals surface area (Å²) in [5, 5.41) is 5.98. The van der Waals surface area contributed by atoms with Crippen molar-refractivity contribution in [3.05, 3.63) is 70.7 Å². The Labute approximate surface area is 164 Å². The lowest BCUT2D eigenvalue weighted by atomic mass is 10.1. The normalized spacial score (nSPS) is 11.8. The molecule has 1 amide bonds. The first kappa shape index (κ1) is 19.1. The zero-order valence-corrected chi connectivity index (χ0v) is 16.7. The standard InChI is InChI=1S/C22H24N2O2S/c1-15-11-16(2)13-20(12-15)26-17(3)21(25)23-10-9-19-14-27-22(24-19)18-7-5-4-6-8-18/h4-8,11-14,17H,9-10H2,1-3H3,(H,23,25)/t17-/m0/s1. The molecule has 1 aromatic heterocycles. The molecule has 3 rings (SSSR count). The summed E-state index contributed by atoms with van der Waals surface area (Å²) in [4.78, 5) is 16.9. The number of benzene rings is 2. The summed E-state index contributed by atoms with van der Waals surface area (Å²) in [5.41, 5.74) is 4.35. The molecule has 2 aromatic carbocycles. The van der Waals surface area contributed by atoms with Crippen molar-refractivity contribution in [2.75, 3.05) is 6.54 Å². The molecule has 0 spiro atoms. The SMILES string of the molecule is Cc1cc(C)cc(O[C@@H](C)C(=O)NCCc2csc(-c3ccccc3)n2)c1. The Bertz CT molecular complexity index is 885. The van der Waals surface area contributed by atoms with Gasteiger partial charge in [-0.15, -0.1) is 11.3 Å². The molecule has 1 atom stereocenters. The van der Waals surface area contributed by atoms with Crippen molar-refractivity contribution < 1.29 is 9.53 Å². The highest BCUT2D eigenvalue weighted by Crippen LogP contribution is 2.23. The Morgan fingerprint density at radius 1 is 1.15 bits per heavy atom. The first-order chi connectivity index (χ1) is 13.0. The van der Waals surface area contributed by atoms with Gasteiger partial charge in [-0.25, -0.2) is 4.98 Å². The molecule has 0 aliphatic rings. The monoisotopic (exact) mass is 380 g/mol. The summed E-state index contributed by atoms with van der Waals surface area (Å²) in [6.07, 6.45) is 0.159. The molecule has 140 valence electrons. The average Bonchev–Trinajstić information content (AvgIpc) is 3.10. The van der Waals surface area contributed by atoms with E-state index in [-0.39, 0.29) is 5.91 Å². The van der Waals surface area contributed by atoms with Gasteiger partial charge in [0.05, 0.1) is 5.69 Å². The van der Waals surface area contributed by atoms with E-state index in [0.29, 0.717) is 13.0 Å².